The van der Waals surface area contributed by atoms with E-state index >= 15 is 0 Å². The fraction of sp³-hybridized carbons (Fsp3) is 0.571. The highest BCUT2D eigenvalue weighted by Crippen LogP contribution is 2.11. The van der Waals surface area contributed by atoms with Crippen LogP contribution in [0, 0.1) is 0 Å². The summed E-state index contributed by atoms with van der Waals surface area (Å²) >= 11 is 7.78. The lowest BCUT2D eigenvalue weighted by atomic mass is 10.1. The fourth-order valence-electron chi connectivity index (χ4n) is 1.92. The monoisotopic (exact) mass is 271 g/mol. The van der Waals surface area contributed by atoms with Gasteiger partial charge in [0.2, 0.25) is 0 Å². The SMILES string of the molecule is CCC(CSC)NC(C)Cc1ccc(Cl)cc1. The van der Waals surface area contributed by atoms with E-state index < -0.39 is 0 Å². The van der Waals surface area contributed by atoms with Crippen LogP contribution >= 0.6 is 23.4 Å². The summed E-state index contributed by atoms with van der Waals surface area (Å²) in [6.07, 6.45) is 4.40. The summed E-state index contributed by atoms with van der Waals surface area (Å²) in [4.78, 5) is 0. The van der Waals surface area contributed by atoms with Gasteiger partial charge in [-0.15, -0.1) is 0 Å². The number of thioether (sulfide) groups is 1. The van der Waals surface area contributed by atoms with Crippen molar-refractivity contribution in [3.63, 3.8) is 0 Å². The molecule has 0 saturated carbocycles. The van der Waals surface area contributed by atoms with E-state index in [1.54, 1.807) is 0 Å². The van der Waals surface area contributed by atoms with Crippen molar-refractivity contribution in [3.05, 3.63) is 34.9 Å². The van der Waals surface area contributed by atoms with Crippen LogP contribution in [0.3, 0.4) is 0 Å². The number of rotatable bonds is 7. The maximum atomic E-state index is 5.88. The predicted molar refractivity (Wildman–Crippen MR) is 80.2 cm³/mol. The third-order valence-corrected chi connectivity index (χ3v) is 3.82. The molecule has 0 aliphatic rings. The Kier molecular flexibility index (Phi) is 7.02. The first kappa shape index (κ1) is 14.9. The number of nitrogens with one attached hydrogen (secondary N) is 1. The van der Waals surface area contributed by atoms with Gasteiger partial charge in [0.1, 0.15) is 0 Å². The van der Waals surface area contributed by atoms with E-state index in [4.69, 9.17) is 11.6 Å². The molecular formula is C14H22ClNS. The van der Waals surface area contributed by atoms with Crippen LogP contribution in [-0.4, -0.2) is 24.1 Å². The van der Waals surface area contributed by atoms with Crippen LogP contribution in [0.2, 0.25) is 5.02 Å². The summed E-state index contributed by atoms with van der Waals surface area (Å²) in [5.74, 6) is 1.18. The lowest BCUT2D eigenvalue weighted by Gasteiger charge is -2.21. The largest absolute Gasteiger partial charge is 0.310 e. The molecule has 1 aromatic rings. The van der Waals surface area contributed by atoms with Gasteiger partial charge in [-0.2, -0.15) is 11.8 Å². The quantitative estimate of drug-likeness (QED) is 0.804. The molecule has 2 atom stereocenters. The Balaban J connectivity index is 2.42. The minimum Gasteiger partial charge on any atom is -0.310 e. The highest BCUT2D eigenvalue weighted by atomic mass is 35.5. The molecule has 1 rings (SSSR count). The Labute approximate surface area is 114 Å². The van der Waals surface area contributed by atoms with Gasteiger partial charge in [0.15, 0.2) is 0 Å². The third kappa shape index (κ3) is 5.80. The van der Waals surface area contributed by atoms with Gasteiger partial charge < -0.3 is 5.32 Å². The molecule has 0 amide bonds. The van der Waals surface area contributed by atoms with E-state index in [0.29, 0.717) is 12.1 Å². The molecule has 0 saturated heterocycles. The summed E-state index contributed by atoms with van der Waals surface area (Å²) in [6, 6.07) is 9.26. The first-order valence-corrected chi connectivity index (χ1v) is 7.92. The van der Waals surface area contributed by atoms with Crippen LogP contribution < -0.4 is 5.32 Å². The Bertz CT molecular complexity index is 313. The number of halogens is 1. The van der Waals surface area contributed by atoms with Crippen molar-refractivity contribution in [2.75, 3.05) is 12.0 Å². The van der Waals surface area contributed by atoms with Crippen molar-refractivity contribution >= 4 is 23.4 Å². The van der Waals surface area contributed by atoms with Crippen LogP contribution in [0.15, 0.2) is 24.3 Å². The Morgan fingerprint density at radius 2 is 1.94 bits per heavy atom. The van der Waals surface area contributed by atoms with Gasteiger partial charge in [-0.1, -0.05) is 30.7 Å². The molecule has 0 heterocycles. The maximum Gasteiger partial charge on any atom is 0.0406 e. The molecule has 96 valence electrons. The molecule has 0 bridgehead atoms. The van der Waals surface area contributed by atoms with Crippen molar-refractivity contribution in [2.24, 2.45) is 0 Å². The van der Waals surface area contributed by atoms with Gasteiger partial charge in [-0.25, -0.2) is 0 Å². The standard InChI is InChI=1S/C14H22ClNS/c1-4-14(10-17-3)16-11(2)9-12-5-7-13(15)8-6-12/h5-8,11,14,16H,4,9-10H2,1-3H3. The molecule has 3 heteroatoms. The van der Waals surface area contributed by atoms with Crippen LogP contribution in [0.25, 0.3) is 0 Å². The lowest BCUT2D eigenvalue weighted by molar-refractivity contribution is 0.460. The lowest BCUT2D eigenvalue weighted by Crippen LogP contribution is -2.38. The zero-order chi connectivity index (χ0) is 12.7. The van der Waals surface area contributed by atoms with E-state index in [0.717, 1.165) is 11.4 Å². The van der Waals surface area contributed by atoms with Crippen LogP contribution in [0.1, 0.15) is 25.8 Å². The molecule has 1 aromatic carbocycles. The Morgan fingerprint density at radius 1 is 1.29 bits per heavy atom. The van der Waals surface area contributed by atoms with Gasteiger partial charge in [0.25, 0.3) is 0 Å². The van der Waals surface area contributed by atoms with Crippen molar-refractivity contribution in [3.8, 4) is 0 Å². The normalized spacial score (nSPS) is 14.6. The molecule has 0 aliphatic carbocycles. The van der Waals surface area contributed by atoms with E-state index in [-0.39, 0.29) is 0 Å². The second-order valence-corrected chi connectivity index (χ2v) is 5.81. The van der Waals surface area contributed by atoms with Crippen molar-refractivity contribution in [1.29, 1.82) is 0 Å². The molecule has 17 heavy (non-hydrogen) atoms. The highest BCUT2D eigenvalue weighted by molar-refractivity contribution is 7.98. The van der Waals surface area contributed by atoms with Crippen LogP contribution in [-0.2, 0) is 6.42 Å². The van der Waals surface area contributed by atoms with Crippen molar-refractivity contribution in [2.45, 2.75) is 38.8 Å². The van der Waals surface area contributed by atoms with Crippen LogP contribution in [0.5, 0.6) is 0 Å². The van der Waals surface area contributed by atoms with Gasteiger partial charge >= 0.3 is 0 Å². The average Bonchev–Trinajstić information content (AvgIpc) is 2.31. The van der Waals surface area contributed by atoms with E-state index in [1.165, 1.54) is 17.7 Å². The molecule has 1 N–H and O–H groups in total. The Morgan fingerprint density at radius 3 is 2.47 bits per heavy atom. The molecule has 0 spiro atoms. The topological polar surface area (TPSA) is 12.0 Å². The van der Waals surface area contributed by atoms with E-state index in [9.17, 15) is 0 Å². The Hall–Kier alpha value is -0.180. The minimum atomic E-state index is 0.508. The highest BCUT2D eigenvalue weighted by Gasteiger charge is 2.10. The summed E-state index contributed by atoms with van der Waals surface area (Å²) in [5, 5.41) is 4.49. The second kappa shape index (κ2) is 8.02. The first-order chi connectivity index (χ1) is 8.15. The molecular weight excluding hydrogens is 250 g/mol. The fourth-order valence-corrected chi connectivity index (χ4v) is 2.78. The third-order valence-electron chi connectivity index (χ3n) is 2.84. The molecule has 0 aromatic heterocycles. The molecule has 1 nitrogen and oxygen atoms in total. The first-order valence-electron chi connectivity index (χ1n) is 6.15. The molecule has 2 unspecified atom stereocenters. The molecule has 0 fully saturated rings. The van der Waals surface area contributed by atoms with Crippen molar-refractivity contribution in [1.82, 2.24) is 5.32 Å². The summed E-state index contributed by atoms with van der Waals surface area (Å²) in [6.45, 7) is 4.49. The predicted octanol–water partition coefficient (Wildman–Crippen LogP) is 4.00. The minimum absolute atomic E-state index is 0.508. The summed E-state index contributed by atoms with van der Waals surface area (Å²) in [5.41, 5.74) is 1.34. The number of hydrogen-bond donors (Lipinski definition) is 1. The van der Waals surface area contributed by atoms with Crippen LogP contribution in [0.4, 0.5) is 0 Å². The summed E-state index contributed by atoms with van der Waals surface area (Å²) < 4.78 is 0. The van der Waals surface area contributed by atoms with Gasteiger partial charge in [0.05, 0.1) is 0 Å². The van der Waals surface area contributed by atoms with Gasteiger partial charge in [-0.3, -0.25) is 0 Å². The van der Waals surface area contributed by atoms with Gasteiger partial charge in [0, 0.05) is 22.9 Å². The molecule has 0 aliphatic heterocycles. The average molecular weight is 272 g/mol. The number of benzene rings is 1. The van der Waals surface area contributed by atoms with Crippen molar-refractivity contribution < 1.29 is 0 Å². The zero-order valence-corrected chi connectivity index (χ0v) is 12.4. The summed E-state index contributed by atoms with van der Waals surface area (Å²) in [7, 11) is 0. The molecule has 0 radical (unpaired) electrons. The van der Waals surface area contributed by atoms with Gasteiger partial charge in [-0.05, 0) is 43.7 Å². The second-order valence-electron chi connectivity index (χ2n) is 4.46. The smallest absolute Gasteiger partial charge is 0.0406 e. The van der Waals surface area contributed by atoms with E-state index in [2.05, 4.69) is 37.6 Å². The number of hydrogen-bond acceptors (Lipinski definition) is 2. The van der Waals surface area contributed by atoms with E-state index in [1.807, 2.05) is 23.9 Å². The maximum absolute atomic E-state index is 5.88. The zero-order valence-electron chi connectivity index (χ0n) is 10.9.